The molecule has 0 aliphatic carbocycles. The molecule has 25 heavy (non-hydrogen) atoms. The highest BCUT2D eigenvalue weighted by Crippen LogP contribution is 2.48. The fourth-order valence-corrected chi connectivity index (χ4v) is 3.92. The van der Waals surface area contributed by atoms with E-state index in [0.717, 1.165) is 0 Å². The molecule has 0 aliphatic heterocycles. The quantitative estimate of drug-likeness (QED) is 0.575. The Balaban J connectivity index is 1.99. The molecule has 0 amide bonds. The van der Waals surface area contributed by atoms with Crippen LogP contribution < -0.4 is 4.52 Å². The second-order valence-electron chi connectivity index (χ2n) is 5.85. The molecule has 2 unspecified atom stereocenters. The van der Waals surface area contributed by atoms with Crippen LogP contribution in [-0.4, -0.2) is 21.0 Å². The zero-order chi connectivity index (χ0) is 18.0. The van der Waals surface area contributed by atoms with Crippen molar-refractivity contribution in [2.45, 2.75) is 19.0 Å². The molecule has 3 N–H and O–H groups in total. The number of aromatic amines is 1. The van der Waals surface area contributed by atoms with Gasteiger partial charge in [-0.05, 0) is 18.6 Å². The highest BCUT2D eigenvalue weighted by atomic mass is 31.2. The Hall–Kier alpha value is -2.56. The third-order valence-corrected chi connectivity index (χ3v) is 5.21. The molecule has 3 aromatic rings. The molecule has 0 fully saturated rings. The molecule has 0 spiro atoms. The lowest BCUT2D eigenvalue weighted by Crippen LogP contribution is -2.08. The fourth-order valence-electron chi connectivity index (χ4n) is 2.75. The summed E-state index contributed by atoms with van der Waals surface area (Å²) in [7, 11) is -4.01. The summed E-state index contributed by atoms with van der Waals surface area (Å²) in [6.07, 6.45) is -0.163. The highest BCUT2D eigenvalue weighted by molar-refractivity contribution is 7.52. The lowest BCUT2D eigenvalue weighted by atomic mass is 10.0. The number of para-hydroxylation sites is 1. The summed E-state index contributed by atoms with van der Waals surface area (Å²) in [4.78, 5) is 24.6. The molecule has 0 saturated heterocycles. The zero-order valence-electron chi connectivity index (χ0n) is 13.5. The topological polar surface area (TPSA) is 99.6 Å². The van der Waals surface area contributed by atoms with E-state index in [-0.39, 0.29) is 12.0 Å². The molecule has 0 radical (unpaired) electrons. The minimum Gasteiger partial charge on any atom is -0.481 e. The van der Waals surface area contributed by atoms with Crippen LogP contribution >= 0.6 is 7.60 Å². The average molecular weight is 359 g/mol. The number of aliphatic carboxylic acids is 1. The van der Waals surface area contributed by atoms with Crippen molar-refractivity contribution in [2.75, 3.05) is 0 Å². The maximum Gasteiger partial charge on any atom is 0.382 e. The Kier molecular flexibility index (Phi) is 4.66. The fraction of sp³-hybridized carbons (Fsp3) is 0.167. The van der Waals surface area contributed by atoms with Gasteiger partial charge in [0.1, 0.15) is 0 Å². The molecule has 2 atom stereocenters. The maximum atomic E-state index is 12.5. The van der Waals surface area contributed by atoms with Crippen LogP contribution in [0.3, 0.4) is 0 Å². The summed E-state index contributed by atoms with van der Waals surface area (Å²) >= 11 is 0. The van der Waals surface area contributed by atoms with E-state index in [1.54, 1.807) is 48.5 Å². The van der Waals surface area contributed by atoms with Gasteiger partial charge in [0.2, 0.25) is 5.88 Å². The van der Waals surface area contributed by atoms with Gasteiger partial charge in [-0.3, -0.25) is 4.79 Å². The van der Waals surface area contributed by atoms with Crippen molar-refractivity contribution < 1.29 is 23.9 Å². The largest absolute Gasteiger partial charge is 0.481 e. The van der Waals surface area contributed by atoms with Gasteiger partial charge >= 0.3 is 13.6 Å². The number of rotatable bonds is 6. The van der Waals surface area contributed by atoms with E-state index < -0.39 is 19.5 Å². The number of carboxylic acid groups (broad SMARTS) is 1. The number of hydrogen-bond donors (Lipinski definition) is 3. The van der Waals surface area contributed by atoms with Crippen molar-refractivity contribution in [1.29, 1.82) is 0 Å². The van der Waals surface area contributed by atoms with Crippen molar-refractivity contribution in [3.63, 3.8) is 0 Å². The van der Waals surface area contributed by atoms with Crippen molar-refractivity contribution in [3.8, 4) is 5.88 Å². The minimum atomic E-state index is -4.01. The number of aromatic nitrogens is 1. The van der Waals surface area contributed by atoms with E-state index >= 15 is 0 Å². The summed E-state index contributed by atoms with van der Waals surface area (Å²) < 4.78 is 17.9. The lowest BCUT2D eigenvalue weighted by Gasteiger charge is -2.15. The Bertz CT molecular complexity index is 951. The molecule has 7 heteroatoms. The van der Waals surface area contributed by atoms with Crippen molar-refractivity contribution in [2.24, 2.45) is 0 Å². The molecular formula is C18H18NO5P. The first kappa shape index (κ1) is 17.3. The van der Waals surface area contributed by atoms with Crippen LogP contribution in [0.1, 0.15) is 24.0 Å². The Labute approximate surface area is 144 Å². The van der Waals surface area contributed by atoms with E-state index in [1.807, 2.05) is 6.07 Å². The second-order valence-corrected chi connectivity index (χ2v) is 7.62. The van der Waals surface area contributed by atoms with Gasteiger partial charge < -0.3 is 19.5 Å². The number of benzene rings is 2. The van der Waals surface area contributed by atoms with Crippen molar-refractivity contribution in [3.05, 3.63) is 65.7 Å². The number of nitrogens with one attached hydrogen (secondary N) is 1. The Morgan fingerprint density at radius 1 is 1.16 bits per heavy atom. The molecule has 0 bridgehead atoms. The predicted molar refractivity (Wildman–Crippen MR) is 94.9 cm³/mol. The summed E-state index contributed by atoms with van der Waals surface area (Å²) in [6.45, 7) is 1.52. The van der Waals surface area contributed by atoms with E-state index in [1.165, 1.54) is 6.92 Å². The van der Waals surface area contributed by atoms with Gasteiger partial charge in [0, 0.05) is 16.5 Å². The number of carbonyl (C=O) groups is 1. The Morgan fingerprint density at radius 3 is 2.48 bits per heavy atom. The summed E-state index contributed by atoms with van der Waals surface area (Å²) in [6, 6.07) is 15.9. The molecule has 3 rings (SSSR count). The predicted octanol–water partition coefficient (Wildman–Crippen LogP) is 4.12. The Morgan fingerprint density at radius 2 is 1.80 bits per heavy atom. The molecule has 0 saturated carbocycles. The van der Waals surface area contributed by atoms with E-state index in [2.05, 4.69) is 4.98 Å². The van der Waals surface area contributed by atoms with E-state index in [0.29, 0.717) is 22.0 Å². The van der Waals surface area contributed by atoms with Crippen LogP contribution in [0.4, 0.5) is 0 Å². The van der Waals surface area contributed by atoms with Gasteiger partial charge in [-0.2, -0.15) is 0 Å². The first-order chi connectivity index (χ1) is 11.9. The molecular weight excluding hydrogens is 341 g/mol. The van der Waals surface area contributed by atoms with Gasteiger partial charge in [0.25, 0.3) is 0 Å². The van der Waals surface area contributed by atoms with Gasteiger partial charge in [0.15, 0.2) is 0 Å². The van der Waals surface area contributed by atoms with Crippen LogP contribution in [0.5, 0.6) is 5.88 Å². The second kappa shape index (κ2) is 6.75. The minimum absolute atomic E-state index is 0.0258. The van der Waals surface area contributed by atoms with E-state index in [9.17, 15) is 19.4 Å². The van der Waals surface area contributed by atoms with Gasteiger partial charge in [-0.25, -0.2) is 4.57 Å². The van der Waals surface area contributed by atoms with Gasteiger partial charge in [-0.15, -0.1) is 0 Å². The van der Waals surface area contributed by atoms with Gasteiger partial charge in [-0.1, -0.05) is 48.5 Å². The average Bonchev–Trinajstić information content (AvgIpc) is 2.91. The first-order valence-corrected chi connectivity index (χ1v) is 9.52. The monoisotopic (exact) mass is 359 g/mol. The van der Waals surface area contributed by atoms with Crippen LogP contribution in [-0.2, 0) is 15.5 Å². The van der Waals surface area contributed by atoms with Crippen LogP contribution in [0.15, 0.2) is 54.6 Å². The lowest BCUT2D eigenvalue weighted by molar-refractivity contribution is -0.138. The first-order valence-electron chi connectivity index (χ1n) is 7.76. The molecule has 1 heterocycles. The number of fused-ring (bicyclic) bond motifs is 1. The van der Waals surface area contributed by atoms with Gasteiger partial charge in [0.05, 0.1) is 12.1 Å². The highest BCUT2D eigenvalue weighted by Gasteiger charge is 2.29. The van der Waals surface area contributed by atoms with Crippen LogP contribution in [0.25, 0.3) is 10.9 Å². The summed E-state index contributed by atoms with van der Waals surface area (Å²) in [5, 5.41) is 10.0. The molecule has 130 valence electrons. The zero-order valence-corrected chi connectivity index (χ0v) is 14.4. The molecule has 1 aromatic heterocycles. The normalized spacial score (nSPS) is 14.8. The van der Waals surface area contributed by atoms with Crippen molar-refractivity contribution in [1.82, 2.24) is 4.98 Å². The SMILES string of the molecule is CC(C(=O)O)c1c(OP(=O)(O)Cc2ccccc2)[nH]c2ccccc12. The third-order valence-electron chi connectivity index (χ3n) is 3.97. The maximum absolute atomic E-state index is 12.5. The smallest absolute Gasteiger partial charge is 0.382 e. The standard InChI is InChI=1S/C18H18NO5P/c1-12(18(20)21)16-14-9-5-6-10-15(14)19-17(16)24-25(22,23)11-13-7-3-2-4-8-13/h2-10,12,19H,11H2,1H3,(H,20,21)(H,22,23). The van der Waals surface area contributed by atoms with Crippen LogP contribution in [0.2, 0.25) is 0 Å². The summed E-state index contributed by atoms with van der Waals surface area (Å²) in [5.74, 6) is -1.90. The molecule has 0 aliphatic rings. The van der Waals surface area contributed by atoms with Crippen LogP contribution in [0, 0.1) is 0 Å². The molecule has 6 nitrogen and oxygen atoms in total. The van der Waals surface area contributed by atoms with E-state index in [4.69, 9.17) is 4.52 Å². The number of carboxylic acids is 1. The number of hydrogen-bond acceptors (Lipinski definition) is 3. The molecule has 2 aromatic carbocycles. The van der Waals surface area contributed by atoms with Crippen molar-refractivity contribution >= 4 is 24.5 Å². The summed E-state index contributed by atoms with van der Waals surface area (Å²) in [5.41, 5.74) is 1.68. The number of H-pyrrole nitrogens is 1. The third kappa shape index (κ3) is 3.76.